The summed E-state index contributed by atoms with van der Waals surface area (Å²) in [6.07, 6.45) is 1.57. The second kappa shape index (κ2) is 11.9. The Labute approximate surface area is 260 Å². The van der Waals surface area contributed by atoms with Gasteiger partial charge in [-0.25, -0.2) is 14.2 Å². The Hall–Kier alpha value is -5.42. The van der Waals surface area contributed by atoms with Crippen molar-refractivity contribution in [2.24, 2.45) is 4.99 Å². The lowest BCUT2D eigenvalue weighted by Gasteiger charge is -2.25. The van der Waals surface area contributed by atoms with Crippen LogP contribution in [0.1, 0.15) is 41.0 Å². The molecular weight excluding hydrogens is 597 g/mol. The molecule has 1 aliphatic rings. The molecule has 0 amide bonds. The van der Waals surface area contributed by atoms with Gasteiger partial charge in [-0.2, -0.15) is 0 Å². The molecule has 0 radical (unpaired) electrons. The van der Waals surface area contributed by atoms with Crippen molar-refractivity contribution in [3.8, 4) is 11.3 Å². The number of nitrogens with zero attached hydrogens (tertiary/aromatic N) is 3. The van der Waals surface area contributed by atoms with Gasteiger partial charge in [0.1, 0.15) is 17.3 Å². The molecule has 1 aliphatic heterocycles. The molecule has 0 saturated heterocycles. The van der Waals surface area contributed by atoms with Gasteiger partial charge in [0, 0.05) is 28.8 Å². The van der Waals surface area contributed by atoms with Crippen LogP contribution in [0.5, 0.6) is 0 Å². The molecule has 0 fully saturated rings. The molecular formula is C34H26FN3O6S. The van der Waals surface area contributed by atoms with E-state index in [4.69, 9.17) is 14.1 Å². The van der Waals surface area contributed by atoms with Crippen LogP contribution < -0.4 is 14.9 Å². The molecule has 3 aromatic carbocycles. The molecule has 0 bridgehead atoms. The van der Waals surface area contributed by atoms with Crippen LogP contribution >= 0.6 is 11.3 Å². The zero-order chi connectivity index (χ0) is 31.8. The third-order valence-corrected chi connectivity index (χ3v) is 8.56. The van der Waals surface area contributed by atoms with Crippen LogP contribution in [0.2, 0.25) is 0 Å². The minimum atomic E-state index is -0.943. The average molecular weight is 624 g/mol. The number of esters is 1. The monoisotopic (exact) mass is 623 g/mol. The molecule has 3 heterocycles. The van der Waals surface area contributed by atoms with Gasteiger partial charge in [0.2, 0.25) is 0 Å². The Bertz CT molecular complexity index is 2180. The number of fused-ring (bicyclic) bond motifs is 1. The van der Waals surface area contributed by atoms with Crippen LogP contribution in [-0.4, -0.2) is 22.1 Å². The van der Waals surface area contributed by atoms with E-state index in [0.717, 1.165) is 16.9 Å². The molecule has 45 heavy (non-hydrogen) atoms. The lowest BCUT2D eigenvalue weighted by molar-refractivity contribution is -0.385. The number of aryl methyl sites for hydroxylation is 1. The molecule has 0 N–H and O–H groups in total. The van der Waals surface area contributed by atoms with Crippen molar-refractivity contribution < 1.29 is 23.3 Å². The number of nitro benzene ring substituents is 1. The predicted octanol–water partition coefficient (Wildman–Crippen LogP) is 5.86. The zero-order valence-corrected chi connectivity index (χ0v) is 25.3. The number of nitro groups is 1. The number of thiazole rings is 1. The summed E-state index contributed by atoms with van der Waals surface area (Å²) in [5, 5.41) is 11.6. The maximum atomic E-state index is 14.0. The second-order valence-corrected chi connectivity index (χ2v) is 11.4. The van der Waals surface area contributed by atoms with Gasteiger partial charge >= 0.3 is 5.97 Å². The largest absolute Gasteiger partial charge is 0.463 e. The molecule has 0 unspecified atom stereocenters. The topological polar surface area (TPSA) is 117 Å². The van der Waals surface area contributed by atoms with Gasteiger partial charge in [-0.1, -0.05) is 53.8 Å². The standard InChI is InChI=1S/C34H26FN3O6S/c1-4-43-33(40)29-30(21-8-6-5-7-9-21)36-34-37(31(29)22-10-12-24(35)13-11-22)32(39)28(45-34)18-25-14-15-27(44-25)23-16-19(2)20(3)26(17-23)38(41)42/h5-18,31H,4H2,1-3H3/b28-18-/t31-/m1/s1. The van der Waals surface area contributed by atoms with Gasteiger partial charge in [-0.05, 0) is 62.2 Å². The van der Waals surface area contributed by atoms with E-state index in [2.05, 4.69) is 0 Å². The van der Waals surface area contributed by atoms with E-state index >= 15 is 0 Å². The Morgan fingerprint density at radius 2 is 1.82 bits per heavy atom. The lowest BCUT2D eigenvalue weighted by Crippen LogP contribution is -2.40. The van der Waals surface area contributed by atoms with Crippen LogP contribution in [0.15, 0.2) is 98.6 Å². The normalized spacial score (nSPS) is 14.7. The molecule has 6 rings (SSSR count). The highest BCUT2D eigenvalue weighted by Crippen LogP contribution is 2.35. The fourth-order valence-electron chi connectivity index (χ4n) is 5.29. The fraction of sp³-hybridized carbons (Fsp3) is 0.147. The highest BCUT2D eigenvalue weighted by atomic mass is 32.1. The van der Waals surface area contributed by atoms with E-state index in [1.165, 1.54) is 34.9 Å². The number of hydrogen-bond donors (Lipinski definition) is 0. The first kappa shape index (κ1) is 29.6. The van der Waals surface area contributed by atoms with Crippen molar-refractivity contribution in [3.05, 3.63) is 148 Å². The molecule has 0 spiro atoms. The maximum Gasteiger partial charge on any atom is 0.338 e. The van der Waals surface area contributed by atoms with Crippen LogP contribution in [0.3, 0.4) is 0 Å². The minimum absolute atomic E-state index is 0.0105. The minimum Gasteiger partial charge on any atom is -0.463 e. The van der Waals surface area contributed by atoms with E-state index < -0.39 is 28.3 Å². The number of hydrogen-bond acceptors (Lipinski definition) is 8. The van der Waals surface area contributed by atoms with E-state index in [9.17, 15) is 24.1 Å². The first-order valence-corrected chi connectivity index (χ1v) is 14.9. The average Bonchev–Trinajstić information content (AvgIpc) is 3.62. The molecule has 0 saturated carbocycles. The summed E-state index contributed by atoms with van der Waals surface area (Å²) >= 11 is 1.12. The Balaban J connectivity index is 1.53. The molecule has 1 atom stereocenters. The summed E-state index contributed by atoms with van der Waals surface area (Å²) in [6, 6.07) is 20.4. The quantitative estimate of drug-likeness (QED) is 0.127. The van der Waals surface area contributed by atoms with Gasteiger partial charge in [0.15, 0.2) is 4.80 Å². The summed E-state index contributed by atoms with van der Waals surface area (Å²) in [6.45, 7) is 5.29. The Kier molecular flexibility index (Phi) is 7.86. The van der Waals surface area contributed by atoms with E-state index in [0.29, 0.717) is 44.3 Å². The molecule has 11 heteroatoms. The first-order valence-electron chi connectivity index (χ1n) is 14.1. The van der Waals surface area contributed by atoms with Crippen molar-refractivity contribution >= 4 is 34.8 Å². The lowest BCUT2D eigenvalue weighted by atomic mass is 9.93. The molecule has 2 aromatic heterocycles. The third kappa shape index (κ3) is 5.53. The van der Waals surface area contributed by atoms with Crippen LogP contribution in [0.4, 0.5) is 10.1 Å². The Morgan fingerprint density at radius 1 is 1.09 bits per heavy atom. The molecule has 226 valence electrons. The Morgan fingerprint density at radius 3 is 2.51 bits per heavy atom. The number of rotatable bonds is 7. The number of benzene rings is 3. The summed E-state index contributed by atoms with van der Waals surface area (Å²) in [4.78, 5) is 43.8. The van der Waals surface area contributed by atoms with Gasteiger partial charge in [-0.15, -0.1) is 0 Å². The molecule has 0 aliphatic carbocycles. The third-order valence-electron chi connectivity index (χ3n) is 7.58. The number of aromatic nitrogens is 1. The summed E-state index contributed by atoms with van der Waals surface area (Å²) in [7, 11) is 0. The van der Waals surface area contributed by atoms with E-state index in [1.807, 2.05) is 36.4 Å². The van der Waals surface area contributed by atoms with Crippen LogP contribution in [-0.2, 0) is 9.53 Å². The summed E-state index contributed by atoms with van der Waals surface area (Å²) in [5.74, 6) is -0.344. The van der Waals surface area contributed by atoms with Crippen molar-refractivity contribution in [1.29, 1.82) is 0 Å². The fourth-order valence-corrected chi connectivity index (χ4v) is 6.27. The van der Waals surface area contributed by atoms with E-state index in [1.54, 1.807) is 39.0 Å². The molecule has 5 aromatic rings. The van der Waals surface area contributed by atoms with E-state index in [-0.39, 0.29) is 22.4 Å². The smallest absolute Gasteiger partial charge is 0.338 e. The van der Waals surface area contributed by atoms with Gasteiger partial charge in [0.25, 0.3) is 11.2 Å². The first-order chi connectivity index (χ1) is 21.7. The number of carbonyl (C=O) groups excluding carboxylic acids is 1. The SMILES string of the molecule is CCOC(=O)C1=C(c2ccccc2)N=c2s/c(=C\c3ccc(-c4cc(C)c(C)c([N+](=O)[O-])c4)o3)c(=O)n2[C@@H]1c1ccc(F)cc1. The second-order valence-electron chi connectivity index (χ2n) is 10.4. The van der Waals surface area contributed by atoms with Crippen LogP contribution in [0, 0.1) is 29.8 Å². The number of ether oxygens (including phenoxy) is 1. The van der Waals surface area contributed by atoms with Crippen molar-refractivity contribution in [2.45, 2.75) is 26.8 Å². The maximum absolute atomic E-state index is 14.0. The van der Waals surface area contributed by atoms with Gasteiger partial charge in [-0.3, -0.25) is 19.5 Å². The highest BCUT2D eigenvalue weighted by Gasteiger charge is 2.35. The summed E-state index contributed by atoms with van der Waals surface area (Å²) in [5.41, 5.74) is 3.09. The highest BCUT2D eigenvalue weighted by molar-refractivity contribution is 7.07. The predicted molar refractivity (Wildman–Crippen MR) is 168 cm³/mol. The molecule has 9 nitrogen and oxygen atoms in total. The van der Waals surface area contributed by atoms with Gasteiger partial charge < -0.3 is 9.15 Å². The van der Waals surface area contributed by atoms with Crippen molar-refractivity contribution in [1.82, 2.24) is 4.57 Å². The number of halogens is 1. The zero-order valence-electron chi connectivity index (χ0n) is 24.4. The number of furan rings is 1. The number of carbonyl (C=O) groups is 1. The van der Waals surface area contributed by atoms with Crippen molar-refractivity contribution in [2.75, 3.05) is 6.61 Å². The van der Waals surface area contributed by atoms with Gasteiger partial charge in [0.05, 0.1) is 33.4 Å². The summed E-state index contributed by atoms with van der Waals surface area (Å²) < 4.78 is 27.1. The van der Waals surface area contributed by atoms with Crippen molar-refractivity contribution in [3.63, 3.8) is 0 Å². The van der Waals surface area contributed by atoms with Crippen LogP contribution in [0.25, 0.3) is 23.1 Å².